The van der Waals surface area contributed by atoms with Gasteiger partial charge in [-0.25, -0.2) is 0 Å². The van der Waals surface area contributed by atoms with Gasteiger partial charge in [-0.05, 0) is 29.7 Å². The normalized spacial score (nSPS) is 10.3. The highest BCUT2D eigenvalue weighted by atomic mass is 16.2. The monoisotopic (exact) mass is 296 g/mol. The Morgan fingerprint density at radius 3 is 2.32 bits per heavy atom. The molecule has 2 aromatic carbocycles. The van der Waals surface area contributed by atoms with Crippen LogP contribution >= 0.6 is 0 Å². The number of benzene rings is 2. The van der Waals surface area contributed by atoms with Crippen LogP contribution in [0, 0.1) is 0 Å². The van der Waals surface area contributed by atoms with Gasteiger partial charge in [-0.3, -0.25) is 9.59 Å². The van der Waals surface area contributed by atoms with Gasteiger partial charge in [0.05, 0.1) is 6.54 Å². The number of hydrogen-bond acceptors (Lipinski definition) is 3. The summed E-state index contributed by atoms with van der Waals surface area (Å²) in [5.41, 5.74) is 9.21. The van der Waals surface area contributed by atoms with Crippen LogP contribution < -0.4 is 5.73 Å². The number of hydrogen-bond donors (Lipinski definition) is 1. The molecule has 0 radical (unpaired) electrons. The minimum absolute atomic E-state index is 0.0166. The van der Waals surface area contributed by atoms with E-state index in [1.165, 1.54) is 0 Å². The van der Waals surface area contributed by atoms with E-state index in [-0.39, 0.29) is 18.2 Å². The van der Waals surface area contributed by atoms with E-state index in [4.69, 9.17) is 5.73 Å². The first-order valence-corrected chi connectivity index (χ1v) is 7.15. The molecule has 4 nitrogen and oxygen atoms in total. The van der Waals surface area contributed by atoms with Gasteiger partial charge in [0.15, 0.2) is 5.78 Å². The molecule has 0 aliphatic rings. The maximum absolute atomic E-state index is 11.5. The Bertz CT molecular complexity index is 678. The lowest BCUT2D eigenvalue weighted by molar-refractivity contribution is -0.128. The number of carbonyl (C=O) groups excluding carboxylic acids is 2. The fourth-order valence-electron chi connectivity index (χ4n) is 2.26. The lowest BCUT2D eigenvalue weighted by Crippen LogP contribution is -2.32. The van der Waals surface area contributed by atoms with E-state index in [0.29, 0.717) is 12.1 Å². The molecular formula is C18H20N2O2. The fourth-order valence-corrected chi connectivity index (χ4v) is 2.26. The Labute approximate surface area is 130 Å². The number of nitrogens with zero attached hydrogens (tertiary/aromatic N) is 1. The number of nitrogens with two attached hydrogens (primary N) is 1. The lowest BCUT2D eigenvalue weighted by Gasteiger charge is -2.16. The highest BCUT2D eigenvalue weighted by Gasteiger charge is 2.08. The summed E-state index contributed by atoms with van der Waals surface area (Å²) in [6.07, 6.45) is 0. The predicted molar refractivity (Wildman–Crippen MR) is 87.4 cm³/mol. The first kappa shape index (κ1) is 15.9. The van der Waals surface area contributed by atoms with Crippen LogP contribution in [0.15, 0.2) is 48.5 Å². The molecule has 0 heterocycles. The van der Waals surface area contributed by atoms with Gasteiger partial charge < -0.3 is 10.6 Å². The average Bonchev–Trinajstić information content (AvgIpc) is 2.54. The number of amides is 1. The van der Waals surface area contributed by atoms with Crippen LogP contribution in [-0.2, 0) is 11.3 Å². The summed E-state index contributed by atoms with van der Waals surface area (Å²) in [5, 5.41) is 0. The van der Waals surface area contributed by atoms with Gasteiger partial charge in [-0.15, -0.1) is 0 Å². The maximum Gasteiger partial charge on any atom is 0.236 e. The Morgan fingerprint density at radius 1 is 1.05 bits per heavy atom. The van der Waals surface area contributed by atoms with E-state index in [9.17, 15) is 9.59 Å². The van der Waals surface area contributed by atoms with Crippen LogP contribution in [-0.4, -0.2) is 30.2 Å². The third-order valence-electron chi connectivity index (χ3n) is 3.57. The van der Waals surface area contributed by atoms with Crippen LogP contribution in [0.5, 0.6) is 0 Å². The molecule has 0 bridgehead atoms. The first-order chi connectivity index (χ1) is 10.5. The van der Waals surface area contributed by atoms with Crippen LogP contribution in [0.25, 0.3) is 11.1 Å². The van der Waals surface area contributed by atoms with Crippen molar-refractivity contribution in [3.63, 3.8) is 0 Å². The Morgan fingerprint density at radius 2 is 1.73 bits per heavy atom. The van der Waals surface area contributed by atoms with Crippen molar-refractivity contribution in [2.24, 2.45) is 5.73 Å². The van der Waals surface area contributed by atoms with Crippen molar-refractivity contribution in [2.75, 3.05) is 13.6 Å². The van der Waals surface area contributed by atoms with Gasteiger partial charge in [-0.2, -0.15) is 0 Å². The zero-order valence-electron chi connectivity index (χ0n) is 12.9. The highest BCUT2D eigenvalue weighted by Crippen LogP contribution is 2.21. The van der Waals surface area contributed by atoms with Crippen LogP contribution in [0.2, 0.25) is 0 Å². The van der Waals surface area contributed by atoms with Gasteiger partial charge in [0.2, 0.25) is 5.91 Å². The van der Waals surface area contributed by atoms with Crippen molar-refractivity contribution >= 4 is 11.7 Å². The van der Waals surface area contributed by atoms with Crippen molar-refractivity contribution in [3.05, 3.63) is 59.7 Å². The molecule has 0 saturated carbocycles. The zero-order valence-corrected chi connectivity index (χ0v) is 12.9. The third-order valence-corrected chi connectivity index (χ3v) is 3.57. The van der Waals surface area contributed by atoms with Crippen LogP contribution in [0.1, 0.15) is 22.8 Å². The number of rotatable bonds is 5. The molecule has 0 aliphatic heterocycles. The third kappa shape index (κ3) is 3.80. The lowest BCUT2D eigenvalue weighted by atomic mass is 10.0. The molecule has 0 saturated heterocycles. The molecule has 0 spiro atoms. The zero-order chi connectivity index (χ0) is 16.1. The molecule has 1 amide bonds. The topological polar surface area (TPSA) is 63.4 Å². The second kappa shape index (κ2) is 7.00. The Balaban J connectivity index is 2.20. The van der Waals surface area contributed by atoms with Gasteiger partial charge >= 0.3 is 0 Å². The van der Waals surface area contributed by atoms with Crippen molar-refractivity contribution in [2.45, 2.75) is 13.5 Å². The van der Waals surface area contributed by atoms with Gasteiger partial charge in [0, 0.05) is 19.2 Å². The quantitative estimate of drug-likeness (QED) is 0.862. The summed E-state index contributed by atoms with van der Waals surface area (Å²) < 4.78 is 0. The summed E-state index contributed by atoms with van der Waals surface area (Å²) in [7, 11) is 1.74. The molecule has 0 fully saturated rings. The second-order valence-corrected chi connectivity index (χ2v) is 5.29. The molecular weight excluding hydrogens is 276 g/mol. The molecule has 114 valence electrons. The average molecular weight is 296 g/mol. The minimum Gasteiger partial charge on any atom is -0.340 e. The molecule has 4 heteroatoms. The standard InChI is InChI=1S/C18H20N2O2/c1-13(21)15-6-8-16(9-7-15)17-5-3-4-14(10-17)12-20(2)18(22)11-19/h3-10H,11-12,19H2,1-2H3. The molecule has 2 aromatic rings. The second-order valence-electron chi connectivity index (χ2n) is 5.29. The summed E-state index contributed by atoms with van der Waals surface area (Å²) in [5.74, 6) is -0.0292. The summed E-state index contributed by atoms with van der Waals surface area (Å²) in [4.78, 5) is 24.5. The molecule has 0 atom stereocenters. The molecule has 2 N–H and O–H groups in total. The molecule has 22 heavy (non-hydrogen) atoms. The first-order valence-electron chi connectivity index (χ1n) is 7.15. The highest BCUT2D eigenvalue weighted by molar-refractivity contribution is 5.94. The van der Waals surface area contributed by atoms with Crippen molar-refractivity contribution in [1.29, 1.82) is 0 Å². The summed E-state index contributed by atoms with van der Waals surface area (Å²) in [6, 6.07) is 15.5. The molecule has 2 rings (SSSR count). The van der Waals surface area contributed by atoms with Gasteiger partial charge in [0.1, 0.15) is 0 Å². The largest absolute Gasteiger partial charge is 0.340 e. The van der Waals surface area contributed by atoms with Crippen LogP contribution in [0.4, 0.5) is 0 Å². The van der Waals surface area contributed by atoms with Crippen molar-refractivity contribution in [1.82, 2.24) is 4.90 Å². The van der Waals surface area contributed by atoms with E-state index in [0.717, 1.165) is 16.7 Å². The summed E-state index contributed by atoms with van der Waals surface area (Å²) in [6.45, 7) is 2.10. The number of Topliss-reactive ketones (excluding diaryl/α,β-unsaturated/α-hetero) is 1. The van der Waals surface area contributed by atoms with Gasteiger partial charge in [0.25, 0.3) is 0 Å². The smallest absolute Gasteiger partial charge is 0.236 e. The maximum atomic E-state index is 11.5. The number of ketones is 1. The molecule has 0 aromatic heterocycles. The number of likely N-dealkylation sites (N-methyl/N-ethyl adjacent to an activating group) is 1. The predicted octanol–water partition coefficient (Wildman–Crippen LogP) is 2.47. The van der Waals surface area contributed by atoms with E-state index in [1.54, 1.807) is 18.9 Å². The Hall–Kier alpha value is -2.46. The Kier molecular flexibility index (Phi) is 5.07. The number of carbonyl (C=O) groups is 2. The van der Waals surface area contributed by atoms with Crippen molar-refractivity contribution in [3.8, 4) is 11.1 Å². The summed E-state index contributed by atoms with van der Waals surface area (Å²) >= 11 is 0. The van der Waals surface area contributed by atoms with E-state index >= 15 is 0 Å². The van der Waals surface area contributed by atoms with E-state index in [2.05, 4.69) is 0 Å². The van der Waals surface area contributed by atoms with Crippen LogP contribution in [0.3, 0.4) is 0 Å². The van der Waals surface area contributed by atoms with E-state index < -0.39 is 0 Å². The fraction of sp³-hybridized carbons (Fsp3) is 0.222. The molecule has 0 aliphatic carbocycles. The SMILES string of the molecule is CC(=O)c1ccc(-c2cccc(CN(C)C(=O)CN)c2)cc1. The van der Waals surface area contributed by atoms with Crippen molar-refractivity contribution < 1.29 is 9.59 Å². The van der Waals surface area contributed by atoms with Gasteiger partial charge in [-0.1, -0.05) is 42.5 Å². The minimum atomic E-state index is -0.0868. The van der Waals surface area contributed by atoms with E-state index in [1.807, 2.05) is 48.5 Å². The molecule has 0 unspecified atom stereocenters.